The van der Waals surface area contributed by atoms with E-state index in [-0.39, 0.29) is 5.92 Å². The van der Waals surface area contributed by atoms with Gasteiger partial charge in [0.1, 0.15) is 5.82 Å². The lowest BCUT2D eigenvalue weighted by Gasteiger charge is -2.38. The molecule has 3 aliphatic heterocycles. The maximum atomic E-state index is 12.6. The highest BCUT2D eigenvalue weighted by Crippen LogP contribution is 2.29. The summed E-state index contributed by atoms with van der Waals surface area (Å²) in [6, 6.07) is 8.80. The Bertz CT molecular complexity index is 817. The molecular weight excluding hydrogens is 360 g/mol. The van der Waals surface area contributed by atoms with Crippen LogP contribution in [0.1, 0.15) is 6.42 Å². The summed E-state index contributed by atoms with van der Waals surface area (Å²) in [6.07, 6.45) is 1.05. The van der Waals surface area contributed by atoms with E-state index in [1.165, 1.54) is 10.1 Å². The number of carbonyl (C=O) groups excluding carboxylic acids is 1. The zero-order valence-electron chi connectivity index (χ0n) is 15.4. The fourth-order valence-corrected chi connectivity index (χ4v) is 5.28. The molecule has 2 N–H and O–H groups in total. The number of amides is 1. The molecule has 2 atom stereocenters. The Kier molecular flexibility index (Phi) is 4.73. The molecule has 2 aromatic rings. The van der Waals surface area contributed by atoms with Crippen molar-refractivity contribution in [3.63, 3.8) is 0 Å². The molecule has 0 saturated carbocycles. The van der Waals surface area contributed by atoms with Gasteiger partial charge in [0.2, 0.25) is 5.91 Å². The number of aromatic nitrogens is 1. The first-order valence-corrected chi connectivity index (χ1v) is 10.7. The van der Waals surface area contributed by atoms with Crippen LogP contribution in [0.3, 0.4) is 0 Å². The zero-order chi connectivity index (χ0) is 18.2. The molecule has 2 unspecified atom stereocenters. The second-order valence-electron chi connectivity index (χ2n) is 7.68. The number of fused-ring (bicyclic) bond motifs is 2. The molecule has 3 aliphatic rings. The molecule has 27 heavy (non-hydrogen) atoms. The van der Waals surface area contributed by atoms with Crippen LogP contribution in [-0.4, -0.2) is 78.5 Å². The Morgan fingerprint density at radius 2 is 1.96 bits per heavy atom. The van der Waals surface area contributed by atoms with Gasteiger partial charge in [-0.2, -0.15) is 4.37 Å². The summed E-state index contributed by atoms with van der Waals surface area (Å²) < 4.78 is 5.95. The third kappa shape index (κ3) is 3.31. The quantitative estimate of drug-likeness (QED) is 0.808. The smallest absolute Gasteiger partial charge is 0.228 e. The molecule has 3 fully saturated rings. The Hall–Kier alpha value is -1.74. The van der Waals surface area contributed by atoms with Crippen LogP contribution in [0.4, 0.5) is 5.82 Å². The van der Waals surface area contributed by atoms with Gasteiger partial charge in [0.05, 0.1) is 10.6 Å². The highest BCUT2D eigenvalue weighted by Gasteiger charge is 2.39. The summed E-state index contributed by atoms with van der Waals surface area (Å²) in [5.41, 5.74) is 6.36. The zero-order valence-corrected chi connectivity index (χ0v) is 16.2. The van der Waals surface area contributed by atoms with Crippen molar-refractivity contribution in [2.24, 2.45) is 5.92 Å². The number of nitrogens with one attached hydrogen (secondary N) is 2. The fraction of sp³-hybridized carbons (Fsp3) is 0.579. The van der Waals surface area contributed by atoms with E-state index in [1.54, 1.807) is 11.5 Å². The molecule has 1 aromatic carbocycles. The summed E-state index contributed by atoms with van der Waals surface area (Å²) in [6.45, 7) is 7.52. The van der Waals surface area contributed by atoms with Gasteiger partial charge in [0.15, 0.2) is 0 Å². The number of hydrogen-bond acceptors (Lipinski definition) is 7. The van der Waals surface area contributed by atoms with Crippen molar-refractivity contribution in [3.8, 4) is 0 Å². The number of piperidine rings is 1. The summed E-state index contributed by atoms with van der Waals surface area (Å²) in [5, 5.41) is 1.27. The molecule has 1 amide bonds. The van der Waals surface area contributed by atoms with Crippen molar-refractivity contribution in [3.05, 3.63) is 24.3 Å². The SMILES string of the molecule is O=C1C2CNNC2CCN1CCN1CCN(c2nsc3ccccc23)CC1. The van der Waals surface area contributed by atoms with E-state index in [0.29, 0.717) is 11.9 Å². The lowest BCUT2D eigenvalue weighted by molar-refractivity contribution is -0.138. The summed E-state index contributed by atoms with van der Waals surface area (Å²) in [7, 11) is 0. The largest absolute Gasteiger partial charge is 0.353 e. The highest BCUT2D eigenvalue weighted by atomic mass is 32.1. The van der Waals surface area contributed by atoms with E-state index < -0.39 is 0 Å². The number of hydrogen-bond donors (Lipinski definition) is 2. The third-order valence-electron chi connectivity index (χ3n) is 6.15. The van der Waals surface area contributed by atoms with E-state index in [1.807, 2.05) is 0 Å². The lowest BCUT2D eigenvalue weighted by atomic mass is 9.93. The van der Waals surface area contributed by atoms with Gasteiger partial charge in [0.25, 0.3) is 0 Å². The summed E-state index contributed by atoms with van der Waals surface area (Å²) in [5.74, 6) is 1.57. The second kappa shape index (κ2) is 7.35. The van der Waals surface area contributed by atoms with Crippen LogP contribution in [0.15, 0.2) is 24.3 Å². The number of rotatable bonds is 4. The van der Waals surface area contributed by atoms with E-state index >= 15 is 0 Å². The van der Waals surface area contributed by atoms with Gasteiger partial charge in [-0.3, -0.25) is 20.5 Å². The molecule has 0 radical (unpaired) electrons. The molecule has 0 spiro atoms. The number of hydrazine groups is 1. The van der Waals surface area contributed by atoms with Gasteiger partial charge in [-0.15, -0.1) is 0 Å². The highest BCUT2D eigenvalue weighted by molar-refractivity contribution is 7.13. The van der Waals surface area contributed by atoms with Crippen molar-refractivity contribution in [1.82, 2.24) is 25.0 Å². The Morgan fingerprint density at radius 1 is 1.11 bits per heavy atom. The lowest BCUT2D eigenvalue weighted by Crippen LogP contribution is -2.53. The molecule has 5 rings (SSSR count). The Labute approximate surface area is 163 Å². The minimum atomic E-state index is 0.119. The predicted molar refractivity (Wildman–Crippen MR) is 108 cm³/mol. The van der Waals surface area contributed by atoms with Crippen LogP contribution >= 0.6 is 11.5 Å². The van der Waals surface area contributed by atoms with Crippen LogP contribution in [0, 0.1) is 5.92 Å². The molecule has 1 aromatic heterocycles. The molecular formula is C19H26N6OS. The van der Waals surface area contributed by atoms with Gasteiger partial charge in [0, 0.05) is 63.8 Å². The van der Waals surface area contributed by atoms with Gasteiger partial charge < -0.3 is 9.80 Å². The van der Waals surface area contributed by atoms with Gasteiger partial charge in [-0.25, -0.2) is 0 Å². The third-order valence-corrected chi connectivity index (χ3v) is 6.97. The topological polar surface area (TPSA) is 63.7 Å². The van der Waals surface area contributed by atoms with E-state index in [0.717, 1.165) is 64.6 Å². The average molecular weight is 387 g/mol. The van der Waals surface area contributed by atoms with Crippen LogP contribution in [0.25, 0.3) is 10.1 Å². The van der Waals surface area contributed by atoms with Gasteiger partial charge in [-0.1, -0.05) is 12.1 Å². The van der Waals surface area contributed by atoms with Crippen molar-refractivity contribution in [2.45, 2.75) is 12.5 Å². The summed E-state index contributed by atoms with van der Waals surface area (Å²) in [4.78, 5) is 19.6. The van der Waals surface area contributed by atoms with Crippen LogP contribution in [0.2, 0.25) is 0 Å². The van der Waals surface area contributed by atoms with Crippen molar-refractivity contribution in [1.29, 1.82) is 0 Å². The minimum absolute atomic E-state index is 0.119. The number of anilines is 1. The normalized spacial score (nSPS) is 26.7. The Morgan fingerprint density at radius 3 is 2.85 bits per heavy atom. The van der Waals surface area contributed by atoms with Gasteiger partial charge >= 0.3 is 0 Å². The summed E-state index contributed by atoms with van der Waals surface area (Å²) >= 11 is 1.59. The maximum Gasteiger partial charge on any atom is 0.228 e. The first-order valence-electron chi connectivity index (χ1n) is 9.88. The molecule has 144 valence electrons. The monoisotopic (exact) mass is 386 g/mol. The first-order chi connectivity index (χ1) is 13.3. The number of piperazine rings is 1. The Balaban J connectivity index is 1.14. The van der Waals surface area contributed by atoms with Gasteiger partial charge in [-0.05, 0) is 30.1 Å². The number of benzene rings is 1. The second-order valence-corrected chi connectivity index (χ2v) is 8.49. The molecule has 4 heterocycles. The minimum Gasteiger partial charge on any atom is -0.353 e. The van der Waals surface area contributed by atoms with Crippen LogP contribution < -0.4 is 15.8 Å². The van der Waals surface area contributed by atoms with Crippen LogP contribution in [0.5, 0.6) is 0 Å². The van der Waals surface area contributed by atoms with Crippen molar-refractivity contribution in [2.75, 3.05) is 57.3 Å². The molecule has 7 nitrogen and oxygen atoms in total. The standard InChI is InChI=1S/C19H26N6OS/c26-19-15-13-20-21-16(15)5-6-25(19)12-9-23-7-10-24(11-8-23)18-14-3-1-2-4-17(14)27-22-18/h1-4,15-16,20-21H,5-13H2. The van der Waals surface area contributed by atoms with Crippen molar-refractivity contribution >= 4 is 33.3 Å². The van der Waals surface area contributed by atoms with E-state index in [2.05, 4.69) is 54.2 Å². The number of likely N-dealkylation sites (tertiary alicyclic amines) is 1. The maximum absolute atomic E-state index is 12.6. The van der Waals surface area contributed by atoms with Crippen LogP contribution in [-0.2, 0) is 4.79 Å². The molecule has 0 bridgehead atoms. The molecule has 0 aliphatic carbocycles. The fourth-order valence-electron chi connectivity index (χ4n) is 4.48. The van der Waals surface area contributed by atoms with Crippen molar-refractivity contribution < 1.29 is 4.79 Å². The van der Waals surface area contributed by atoms with E-state index in [4.69, 9.17) is 0 Å². The van der Waals surface area contributed by atoms with E-state index in [9.17, 15) is 4.79 Å². The predicted octanol–water partition coefficient (Wildman–Crippen LogP) is 0.743. The first kappa shape index (κ1) is 17.4. The number of nitrogens with zero attached hydrogens (tertiary/aromatic N) is 4. The molecule has 8 heteroatoms. The average Bonchev–Trinajstić information content (AvgIpc) is 3.35. The number of carbonyl (C=O) groups is 1. The molecule has 3 saturated heterocycles.